The standard InChI is InChI=1S/C34H44N2O7/c1-34(2,3)43-32(38)35-20-11-16-28-22-27(17-18-30(28)41-21-19-25-12-7-5-8-13-25)23-29(31(37)40-4)36-33(39)42-24-26-14-9-6-10-15-26/h6,9-10,14-15,17-18,22,25,29H,5,7-8,12-13,19-21,23-24H2,1-4H3,(H,35,38)(H,36,39)/t29-/m1/s1. The third-order valence-electron chi connectivity index (χ3n) is 6.93. The summed E-state index contributed by atoms with van der Waals surface area (Å²) in [4.78, 5) is 37.0. The molecule has 1 aliphatic rings. The normalized spacial score (nSPS) is 14.0. The Labute approximate surface area is 255 Å². The van der Waals surface area contributed by atoms with Gasteiger partial charge in [-0.15, -0.1) is 0 Å². The highest BCUT2D eigenvalue weighted by Crippen LogP contribution is 2.27. The molecular formula is C34H44N2O7. The van der Waals surface area contributed by atoms with Crippen LogP contribution in [0.1, 0.15) is 76.0 Å². The van der Waals surface area contributed by atoms with Crippen LogP contribution < -0.4 is 15.4 Å². The lowest BCUT2D eigenvalue weighted by Crippen LogP contribution is -2.43. The molecule has 0 aromatic heterocycles. The summed E-state index contributed by atoms with van der Waals surface area (Å²) >= 11 is 0. The van der Waals surface area contributed by atoms with E-state index in [0.29, 0.717) is 23.8 Å². The molecule has 0 spiro atoms. The quantitative estimate of drug-likeness (QED) is 0.189. The molecule has 1 atom stereocenters. The second-order valence-corrected chi connectivity index (χ2v) is 11.6. The number of esters is 1. The van der Waals surface area contributed by atoms with Crippen LogP contribution in [0.15, 0.2) is 48.5 Å². The summed E-state index contributed by atoms with van der Waals surface area (Å²) in [5.74, 6) is 6.73. The van der Waals surface area contributed by atoms with E-state index >= 15 is 0 Å². The lowest BCUT2D eigenvalue weighted by molar-refractivity contribution is -0.143. The van der Waals surface area contributed by atoms with Crippen molar-refractivity contribution in [2.24, 2.45) is 5.92 Å². The minimum atomic E-state index is -0.971. The minimum Gasteiger partial charge on any atom is -0.492 e. The summed E-state index contributed by atoms with van der Waals surface area (Å²) in [7, 11) is 1.27. The van der Waals surface area contributed by atoms with E-state index in [1.54, 1.807) is 20.8 Å². The number of rotatable bonds is 11. The van der Waals surface area contributed by atoms with Crippen LogP contribution in [0.2, 0.25) is 0 Å². The predicted octanol–water partition coefficient (Wildman–Crippen LogP) is 5.92. The molecule has 0 heterocycles. The molecule has 9 nitrogen and oxygen atoms in total. The molecule has 1 aliphatic carbocycles. The van der Waals surface area contributed by atoms with Crippen molar-refractivity contribution in [3.8, 4) is 17.6 Å². The van der Waals surface area contributed by atoms with Gasteiger partial charge in [0.05, 0.1) is 25.8 Å². The molecule has 0 unspecified atom stereocenters. The zero-order valence-electron chi connectivity index (χ0n) is 25.7. The Morgan fingerprint density at radius 1 is 0.977 bits per heavy atom. The topological polar surface area (TPSA) is 112 Å². The Morgan fingerprint density at radius 2 is 1.72 bits per heavy atom. The zero-order valence-corrected chi connectivity index (χ0v) is 25.7. The van der Waals surface area contributed by atoms with E-state index in [1.165, 1.54) is 39.2 Å². The molecule has 3 rings (SSSR count). The van der Waals surface area contributed by atoms with Gasteiger partial charge in [0.15, 0.2) is 0 Å². The highest BCUT2D eigenvalue weighted by Gasteiger charge is 2.23. The van der Waals surface area contributed by atoms with Crippen molar-refractivity contribution >= 4 is 18.2 Å². The minimum absolute atomic E-state index is 0.0739. The number of amides is 2. The Kier molecular flexibility index (Phi) is 13.2. The first-order chi connectivity index (χ1) is 20.6. The molecule has 9 heteroatoms. The van der Waals surface area contributed by atoms with Crippen molar-refractivity contribution < 1.29 is 33.3 Å². The fourth-order valence-electron chi connectivity index (χ4n) is 4.79. The largest absolute Gasteiger partial charge is 0.492 e. The van der Waals surface area contributed by atoms with Gasteiger partial charge in [-0.1, -0.05) is 80.3 Å². The van der Waals surface area contributed by atoms with Crippen LogP contribution in [-0.4, -0.2) is 50.1 Å². The summed E-state index contributed by atoms with van der Waals surface area (Å²) in [5.41, 5.74) is 1.57. The van der Waals surface area contributed by atoms with Crippen molar-refractivity contribution in [1.82, 2.24) is 10.6 Å². The maximum Gasteiger partial charge on any atom is 0.408 e. The molecule has 0 aliphatic heterocycles. The van der Waals surface area contributed by atoms with Crippen molar-refractivity contribution in [3.63, 3.8) is 0 Å². The van der Waals surface area contributed by atoms with Gasteiger partial charge >= 0.3 is 18.2 Å². The molecule has 0 bridgehead atoms. The highest BCUT2D eigenvalue weighted by molar-refractivity contribution is 5.81. The molecule has 232 valence electrons. The lowest BCUT2D eigenvalue weighted by atomic mass is 9.87. The van der Waals surface area contributed by atoms with E-state index in [1.807, 2.05) is 48.5 Å². The summed E-state index contributed by atoms with van der Waals surface area (Å²) < 4.78 is 21.7. The number of methoxy groups -OCH3 is 1. The van der Waals surface area contributed by atoms with Crippen LogP contribution in [0.4, 0.5) is 9.59 Å². The van der Waals surface area contributed by atoms with E-state index in [9.17, 15) is 14.4 Å². The predicted molar refractivity (Wildman–Crippen MR) is 164 cm³/mol. The van der Waals surface area contributed by atoms with Crippen molar-refractivity contribution in [3.05, 3.63) is 65.2 Å². The van der Waals surface area contributed by atoms with Gasteiger partial charge in [0, 0.05) is 6.42 Å². The summed E-state index contributed by atoms with van der Waals surface area (Å²) in [6.45, 7) is 6.11. The fraction of sp³-hybridized carbons (Fsp3) is 0.500. The molecule has 43 heavy (non-hydrogen) atoms. The van der Waals surface area contributed by atoms with Gasteiger partial charge in [0.2, 0.25) is 0 Å². The molecule has 1 fully saturated rings. The molecule has 1 saturated carbocycles. The molecular weight excluding hydrogens is 548 g/mol. The summed E-state index contributed by atoms with van der Waals surface area (Å²) in [6, 6.07) is 13.8. The number of nitrogens with one attached hydrogen (secondary N) is 2. The number of carbonyl (C=O) groups is 3. The number of hydrogen-bond acceptors (Lipinski definition) is 7. The molecule has 2 N–H and O–H groups in total. The van der Waals surface area contributed by atoms with E-state index in [-0.39, 0.29) is 19.6 Å². The van der Waals surface area contributed by atoms with Gasteiger partial charge in [-0.3, -0.25) is 0 Å². The Morgan fingerprint density at radius 3 is 2.42 bits per heavy atom. The molecule has 2 aromatic carbocycles. The number of carbonyl (C=O) groups excluding carboxylic acids is 3. The van der Waals surface area contributed by atoms with Gasteiger partial charge < -0.3 is 29.6 Å². The van der Waals surface area contributed by atoms with Crippen molar-refractivity contribution in [1.29, 1.82) is 0 Å². The average Bonchev–Trinajstić information content (AvgIpc) is 2.98. The highest BCUT2D eigenvalue weighted by atomic mass is 16.6. The Bertz CT molecular complexity index is 1250. The van der Waals surface area contributed by atoms with E-state index < -0.39 is 29.8 Å². The molecule has 2 amide bonds. The van der Waals surface area contributed by atoms with Crippen molar-refractivity contribution in [2.75, 3.05) is 20.3 Å². The third kappa shape index (κ3) is 12.7. The summed E-state index contributed by atoms with van der Waals surface area (Å²) in [5, 5.41) is 5.24. The molecule has 2 aromatic rings. The first kappa shape index (κ1) is 33.3. The average molecular weight is 593 g/mol. The number of ether oxygens (including phenoxy) is 4. The summed E-state index contributed by atoms with van der Waals surface area (Å²) in [6.07, 6.45) is 6.19. The fourth-order valence-corrected chi connectivity index (χ4v) is 4.79. The smallest absolute Gasteiger partial charge is 0.408 e. The Hall–Kier alpha value is -4.19. The Balaban J connectivity index is 1.69. The van der Waals surface area contributed by atoms with E-state index in [4.69, 9.17) is 18.9 Å². The van der Waals surface area contributed by atoms with Crippen LogP contribution in [0.3, 0.4) is 0 Å². The SMILES string of the molecule is COC(=O)[C@@H](Cc1ccc(OCCC2CCCCC2)c(C#CCNC(=O)OC(C)(C)C)c1)NC(=O)OCc1ccccc1. The maximum atomic E-state index is 12.5. The number of hydrogen-bond donors (Lipinski definition) is 2. The van der Waals surface area contributed by atoms with Crippen LogP contribution >= 0.6 is 0 Å². The van der Waals surface area contributed by atoms with Gasteiger partial charge in [-0.2, -0.15) is 0 Å². The van der Waals surface area contributed by atoms with Gasteiger partial charge in [-0.05, 0) is 56.4 Å². The van der Waals surface area contributed by atoms with Crippen LogP contribution in [0.25, 0.3) is 0 Å². The second kappa shape index (κ2) is 17.1. The van der Waals surface area contributed by atoms with E-state index in [2.05, 4.69) is 22.5 Å². The second-order valence-electron chi connectivity index (χ2n) is 11.6. The maximum absolute atomic E-state index is 12.5. The van der Waals surface area contributed by atoms with Crippen LogP contribution in [-0.2, 0) is 32.0 Å². The monoisotopic (exact) mass is 592 g/mol. The third-order valence-corrected chi connectivity index (χ3v) is 6.93. The van der Waals surface area contributed by atoms with Crippen LogP contribution in [0.5, 0.6) is 5.75 Å². The van der Waals surface area contributed by atoms with Crippen LogP contribution in [0, 0.1) is 17.8 Å². The molecule has 0 radical (unpaired) electrons. The number of benzene rings is 2. The van der Waals surface area contributed by atoms with E-state index in [0.717, 1.165) is 17.5 Å². The first-order valence-electron chi connectivity index (χ1n) is 14.9. The van der Waals surface area contributed by atoms with Gasteiger partial charge in [0.25, 0.3) is 0 Å². The number of alkyl carbamates (subject to hydrolysis) is 2. The van der Waals surface area contributed by atoms with Crippen molar-refractivity contribution in [2.45, 2.75) is 84.0 Å². The lowest BCUT2D eigenvalue weighted by Gasteiger charge is -2.21. The first-order valence-corrected chi connectivity index (χ1v) is 14.9. The molecule has 0 saturated heterocycles. The zero-order chi connectivity index (χ0) is 31.1. The van der Waals surface area contributed by atoms with Gasteiger partial charge in [0.1, 0.15) is 24.0 Å². The van der Waals surface area contributed by atoms with Gasteiger partial charge in [-0.25, -0.2) is 14.4 Å².